The van der Waals surface area contributed by atoms with E-state index in [1.807, 2.05) is 36.4 Å². The number of anilines is 1. The molecule has 146 valence electrons. The number of hydrogen-bond donors (Lipinski definition) is 3. The van der Waals surface area contributed by atoms with Crippen LogP contribution in [0.4, 0.5) is 5.69 Å². The Labute approximate surface area is 182 Å². The summed E-state index contributed by atoms with van der Waals surface area (Å²) < 4.78 is 0.804. The molecular weight excluding hydrogens is 450 g/mol. The Hall–Kier alpha value is -3.03. The zero-order valence-electron chi connectivity index (χ0n) is 15.3. The van der Waals surface area contributed by atoms with E-state index in [0.717, 1.165) is 10.0 Å². The van der Waals surface area contributed by atoms with E-state index in [1.54, 1.807) is 42.5 Å². The molecule has 0 aliphatic heterocycles. The topological polar surface area (TPSA) is 70.2 Å². The smallest absolute Gasteiger partial charge is 0.257 e. The first-order chi connectivity index (χ1) is 14.0. The van der Waals surface area contributed by atoms with Crippen LogP contribution in [0.1, 0.15) is 26.3 Å². The summed E-state index contributed by atoms with van der Waals surface area (Å²) in [5, 5.41) is 8.59. The summed E-state index contributed by atoms with van der Waals surface area (Å²) in [4.78, 5) is 24.7. The molecule has 29 heavy (non-hydrogen) atoms. The second kappa shape index (κ2) is 9.95. The maximum atomic E-state index is 12.4. The summed E-state index contributed by atoms with van der Waals surface area (Å²) in [7, 11) is 0. The van der Waals surface area contributed by atoms with Gasteiger partial charge in [-0.15, -0.1) is 0 Å². The van der Waals surface area contributed by atoms with Crippen LogP contribution in [-0.2, 0) is 6.54 Å². The molecule has 0 atom stereocenters. The Balaban J connectivity index is 1.58. The number of nitrogens with one attached hydrogen (secondary N) is 3. The molecule has 3 aromatic carbocycles. The molecule has 3 N–H and O–H groups in total. The van der Waals surface area contributed by atoms with Gasteiger partial charge in [0, 0.05) is 27.8 Å². The van der Waals surface area contributed by atoms with Gasteiger partial charge >= 0.3 is 0 Å². The number of halogens is 1. The molecule has 0 spiro atoms. The van der Waals surface area contributed by atoms with Crippen LogP contribution in [-0.4, -0.2) is 16.9 Å². The number of amides is 2. The van der Waals surface area contributed by atoms with Gasteiger partial charge in [0.2, 0.25) is 0 Å². The predicted octanol–water partition coefficient (Wildman–Crippen LogP) is 4.51. The van der Waals surface area contributed by atoms with Crippen molar-refractivity contribution in [2.45, 2.75) is 6.54 Å². The van der Waals surface area contributed by atoms with E-state index in [-0.39, 0.29) is 16.9 Å². The van der Waals surface area contributed by atoms with Gasteiger partial charge in [0.15, 0.2) is 5.11 Å². The normalized spacial score (nSPS) is 10.1. The van der Waals surface area contributed by atoms with Gasteiger partial charge in [-0.3, -0.25) is 14.9 Å². The van der Waals surface area contributed by atoms with Crippen LogP contribution in [0.2, 0.25) is 0 Å². The summed E-state index contributed by atoms with van der Waals surface area (Å²) in [6, 6.07) is 23.6. The highest BCUT2D eigenvalue weighted by Gasteiger charge is 2.10. The van der Waals surface area contributed by atoms with Crippen molar-refractivity contribution in [3.63, 3.8) is 0 Å². The van der Waals surface area contributed by atoms with Gasteiger partial charge in [0.25, 0.3) is 11.8 Å². The molecule has 0 aromatic heterocycles. The van der Waals surface area contributed by atoms with Crippen molar-refractivity contribution in [3.05, 3.63) is 100 Å². The van der Waals surface area contributed by atoms with E-state index in [0.29, 0.717) is 23.4 Å². The molecule has 0 saturated heterocycles. The highest BCUT2D eigenvalue weighted by molar-refractivity contribution is 9.10. The van der Waals surface area contributed by atoms with E-state index in [9.17, 15) is 9.59 Å². The summed E-state index contributed by atoms with van der Waals surface area (Å²) >= 11 is 8.55. The van der Waals surface area contributed by atoms with Gasteiger partial charge in [-0.25, -0.2) is 0 Å². The lowest BCUT2D eigenvalue weighted by Gasteiger charge is -2.11. The minimum atomic E-state index is -0.319. The Morgan fingerprint density at radius 1 is 0.828 bits per heavy atom. The zero-order valence-corrected chi connectivity index (χ0v) is 17.7. The summed E-state index contributed by atoms with van der Waals surface area (Å²) in [5.41, 5.74) is 2.60. The Kier molecular flexibility index (Phi) is 7.10. The molecule has 0 fully saturated rings. The quantitative estimate of drug-likeness (QED) is 0.482. The first kappa shape index (κ1) is 20.7. The number of benzene rings is 3. The standard InChI is InChI=1S/C22H18BrN3O2S/c23-18-10-4-8-16(12-18)21(28)26-22(29)25-19-11-5-9-17(13-19)20(27)24-14-15-6-2-1-3-7-15/h1-13H,14H2,(H,24,27)(H2,25,26,28,29). The van der Waals surface area contributed by atoms with Crippen LogP contribution < -0.4 is 16.0 Å². The number of rotatable bonds is 5. The molecule has 5 nitrogen and oxygen atoms in total. The summed E-state index contributed by atoms with van der Waals surface area (Å²) in [6.07, 6.45) is 0. The number of carbonyl (C=O) groups excluding carboxylic acids is 2. The van der Waals surface area contributed by atoms with Crippen LogP contribution >= 0.6 is 28.1 Å². The van der Waals surface area contributed by atoms with Gasteiger partial charge in [-0.05, 0) is 54.2 Å². The molecule has 0 unspecified atom stereocenters. The van der Waals surface area contributed by atoms with E-state index >= 15 is 0 Å². The van der Waals surface area contributed by atoms with Crippen molar-refractivity contribution < 1.29 is 9.59 Å². The predicted molar refractivity (Wildman–Crippen MR) is 122 cm³/mol. The van der Waals surface area contributed by atoms with Crippen molar-refractivity contribution in [3.8, 4) is 0 Å². The lowest BCUT2D eigenvalue weighted by atomic mass is 10.1. The van der Waals surface area contributed by atoms with Gasteiger partial charge in [-0.1, -0.05) is 58.4 Å². The number of carbonyl (C=O) groups is 2. The third-order valence-corrected chi connectivity index (χ3v) is 4.69. The highest BCUT2D eigenvalue weighted by Crippen LogP contribution is 2.13. The van der Waals surface area contributed by atoms with Gasteiger partial charge in [0.05, 0.1) is 0 Å². The molecular formula is C22H18BrN3O2S. The van der Waals surface area contributed by atoms with Gasteiger partial charge in [-0.2, -0.15) is 0 Å². The molecule has 0 aliphatic rings. The maximum absolute atomic E-state index is 12.4. The van der Waals surface area contributed by atoms with Crippen molar-refractivity contribution >= 4 is 50.8 Å². The minimum Gasteiger partial charge on any atom is -0.348 e. The van der Waals surface area contributed by atoms with Crippen LogP contribution in [0.25, 0.3) is 0 Å². The second-order valence-electron chi connectivity index (χ2n) is 6.17. The SMILES string of the molecule is O=C(NCc1ccccc1)c1cccc(NC(=S)NC(=O)c2cccc(Br)c2)c1. The average molecular weight is 468 g/mol. The van der Waals surface area contributed by atoms with E-state index < -0.39 is 0 Å². The number of hydrogen-bond acceptors (Lipinski definition) is 3. The maximum Gasteiger partial charge on any atom is 0.257 e. The lowest BCUT2D eigenvalue weighted by Crippen LogP contribution is -2.34. The highest BCUT2D eigenvalue weighted by atomic mass is 79.9. The van der Waals surface area contributed by atoms with Crippen LogP contribution in [0.5, 0.6) is 0 Å². The van der Waals surface area contributed by atoms with Gasteiger partial charge in [0.1, 0.15) is 0 Å². The first-order valence-corrected chi connectivity index (χ1v) is 10.0. The fourth-order valence-electron chi connectivity index (χ4n) is 2.59. The monoisotopic (exact) mass is 467 g/mol. The molecule has 3 rings (SSSR count). The molecule has 0 heterocycles. The largest absolute Gasteiger partial charge is 0.348 e. The van der Waals surface area contributed by atoms with Crippen molar-refractivity contribution in [2.24, 2.45) is 0 Å². The van der Waals surface area contributed by atoms with E-state index in [1.165, 1.54) is 0 Å². The molecule has 3 aromatic rings. The van der Waals surface area contributed by atoms with Gasteiger partial charge < -0.3 is 10.6 Å². The van der Waals surface area contributed by atoms with Crippen molar-refractivity contribution in [1.82, 2.24) is 10.6 Å². The fraction of sp³-hybridized carbons (Fsp3) is 0.0455. The van der Waals surface area contributed by atoms with Crippen LogP contribution in [0.3, 0.4) is 0 Å². The minimum absolute atomic E-state index is 0.150. The fourth-order valence-corrected chi connectivity index (χ4v) is 3.20. The van der Waals surface area contributed by atoms with Crippen molar-refractivity contribution in [2.75, 3.05) is 5.32 Å². The first-order valence-electron chi connectivity index (χ1n) is 8.81. The lowest BCUT2D eigenvalue weighted by molar-refractivity contribution is 0.0948. The third-order valence-electron chi connectivity index (χ3n) is 3.99. The molecule has 0 saturated carbocycles. The summed E-state index contributed by atoms with van der Waals surface area (Å²) in [6.45, 7) is 0.443. The Morgan fingerprint density at radius 3 is 2.24 bits per heavy atom. The zero-order chi connectivity index (χ0) is 20.6. The van der Waals surface area contributed by atoms with Crippen molar-refractivity contribution in [1.29, 1.82) is 0 Å². The second-order valence-corrected chi connectivity index (χ2v) is 7.49. The van der Waals surface area contributed by atoms with E-state index in [2.05, 4.69) is 31.9 Å². The molecule has 7 heteroatoms. The van der Waals surface area contributed by atoms with Crippen LogP contribution in [0.15, 0.2) is 83.3 Å². The van der Waals surface area contributed by atoms with E-state index in [4.69, 9.17) is 12.2 Å². The Morgan fingerprint density at radius 2 is 1.52 bits per heavy atom. The third kappa shape index (κ3) is 6.23. The molecule has 2 amide bonds. The number of thiocarbonyl (C=S) groups is 1. The summed E-state index contributed by atoms with van der Waals surface area (Å²) in [5.74, 6) is -0.512. The van der Waals surface area contributed by atoms with Crippen LogP contribution in [0, 0.1) is 0 Å². The molecule has 0 bridgehead atoms. The molecule has 0 radical (unpaired) electrons. The average Bonchev–Trinajstić information content (AvgIpc) is 2.73. The Bertz CT molecular complexity index is 1040. The molecule has 0 aliphatic carbocycles.